The number of rotatable bonds is 5. The number of hydrogen-bond donors (Lipinski definition) is 1. The number of hydrogen-bond acceptors (Lipinski definition) is 2. The summed E-state index contributed by atoms with van der Waals surface area (Å²) in [5, 5.41) is 0. The van der Waals surface area contributed by atoms with Crippen LogP contribution >= 0.6 is 15.9 Å². The van der Waals surface area contributed by atoms with E-state index in [2.05, 4.69) is 15.9 Å². The van der Waals surface area contributed by atoms with Gasteiger partial charge in [0.25, 0.3) is 0 Å². The van der Waals surface area contributed by atoms with Crippen molar-refractivity contribution in [2.75, 3.05) is 0 Å². The standard InChI is InChI=1S/C12H15BrFNO/c1-2-10(15)7-11(16)6-8-5-9(13)3-4-12(8)14/h3-5,10H,2,6-7,15H2,1H3. The maximum absolute atomic E-state index is 13.3. The van der Waals surface area contributed by atoms with E-state index >= 15 is 0 Å². The molecule has 0 aliphatic heterocycles. The molecular weight excluding hydrogens is 273 g/mol. The highest BCUT2D eigenvalue weighted by molar-refractivity contribution is 9.10. The molecule has 1 aromatic rings. The predicted octanol–water partition coefficient (Wildman–Crippen LogP) is 2.83. The van der Waals surface area contributed by atoms with E-state index in [1.54, 1.807) is 12.1 Å². The molecule has 2 N–H and O–H groups in total. The van der Waals surface area contributed by atoms with E-state index in [1.807, 2.05) is 6.92 Å². The summed E-state index contributed by atoms with van der Waals surface area (Å²) >= 11 is 3.25. The number of carbonyl (C=O) groups excluding carboxylic acids is 1. The van der Waals surface area contributed by atoms with Gasteiger partial charge in [-0.3, -0.25) is 4.79 Å². The molecule has 4 heteroatoms. The quantitative estimate of drug-likeness (QED) is 0.905. The van der Waals surface area contributed by atoms with Crippen molar-refractivity contribution >= 4 is 21.7 Å². The third kappa shape index (κ3) is 4.02. The molecule has 0 spiro atoms. The summed E-state index contributed by atoms with van der Waals surface area (Å²) in [6, 6.07) is 4.47. The number of nitrogens with two attached hydrogens (primary N) is 1. The van der Waals surface area contributed by atoms with Gasteiger partial charge in [-0.15, -0.1) is 0 Å². The van der Waals surface area contributed by atoms with Crippen molar-refractivity contribution in [3.8, 4) is 0 Å². The first kappa shape index (κ1) is 13.3. The molecule has 2 nitrogen and oxygen atoms in total. The van der Waals surface area contributed by atoms with Crippen molar-refractivity contribution in [3.63, 3.8) is 0 Å². The molecular formula is C12H15BrFNO. The molecule has 1 rings (SSSR count). The fraction of sp³-hybridized carbons (Fsp3) is 0.417. The minimum absolute atomic E-state index is 0.0219. The zero-order chi connectivity index (χ0) is 12.1. The minimum Gasteiger partial charge on any atom is -0.327 e. The molecule has 0 saturated heterocycles. The van der Waals surface area contributed by atoms with Crippen LogP contribution in [0.25, 0.3) is 0 Å². The highest BCUT2D eigenvalue weighted by atomic mass is 79.9. The Morgan fingerprint density at radius 3 is 2.88 bits per heavy atom. The summed E-state index contributed by atoms with van der Waals surface area (Å²) in [5.41, 5.74) is 6.09. The maximum Gasteiger partial charge on any atom is 0.138 e. The Bertz CT molecular complexity index is 381. The average molecular weight is 288 g/mol. The van der Waals surface area contributed by atoms with E-state index in [0.29, 0.717) is 12.0 Å². The zero-order valence-corrected chi connectivity index (χ0v) is 10.8. The molecule has 0 heterocycles. The van der Waals surface area contributed by atoms with Gasteiger partial charge in [-0.2, -0.15) is 0 Å². The monoisotopic (exact) mass is 287 g/mol. The third-order valence-electron chi connectivity index (χ3n) is 2.41. The van der Waals surface area contributed by atoms with Gasteiger partial charge < -0.3 is 5.73 Å². The largest absolute Gasteiger partial charge is 0.327 e. The van der Waals surface area contributed by atoms with Crippen molar-refractivity contribution in [3.05, 3.63) is 34.1 Å². The second kappa shape index (κ2) is 6.11. The zero-order valence-electron chi connectivity index (χ0n) is 9.17. The van der Waals surface area contributed by atoms with Crippen LogP contribution in [0.3, 0.4) is 0 Å². The van der Waals surface area contributed by atoms with Gasteiger partial charge in [0.05, 0.1) is 0 Å². The van der Waals surface area contributed by atoms with Gasteiger partial charge in [0.1, 0.15) is 11.6 Å². The van der Waals surface area contributed by atoms with E-state index in [-0.39, 0.29) is 24.1 Å². The van der Waals surface area contributed by atoms with E-state index in [4.69, 9.17) is 5.73 Å². The van der Waals surface area contributed by atoms with Gasteiger partial charge >= 0.3 is 0 Å². The lowest BCUT2D eigenvalue weighted by atomic mass is 10.0. The molecule has 1 aromatic carbocycles. The Kier molecular flexibility index (Phi) is 5.09. The predicted molar refractivity (Wildman–Crippen MR) is 65.7 cm³/mol. The van der Waals surface area contributed by atoms with Crippen LogP contribution in [0.2, 0.25) is 0 Å². The Labute approximate surface area is 103 Å². The highest BCUT2D eigenvalue weighted by Crippen LogP contribution is 2.16. The molecule has 16 heavy (non-hydrogen) atoms. The molecule has 1 unspecified atom stereocenters. The van der Waals surface area contributed by atoms with Gasteiger partial charge in [-0.25, -0.2) is 4.39 Å². The van der Waals surface area contributed by atoms with Crippen LogP contribution in [0, 0.1) is 5.82 Å². The lowest BCUT2D eigenvalue weighted by molar-refractivity contribution is -0.118. The van der Waals surface area contributed by atoms with Crippen molar-refractivity contribution in [2.45, 2.75) is 32.2 Å². The SMILES string of the molecule is CCC(N)CC(=O)Cc1cc(Br)ccc1F. The van der Waals surface area contributed by atoms with Crippen molar-refractivity contribution in [1.82, 2.24) is 0 Å². The first-order valence-electron chi connectivity index (χ1n) is 5.24. The van der Waals surface area contributed by atoms with Gasteiger partial charge in [0.15, 0.2) is 0 Å². The van der Waals surface area contributed by atoms with Crippen LogP contribution < -0.4 is 5.73 Å². The van der Waals surface area contributed by atoms with Gasteiger partial charge in [-0.1, -0.05) is 22.9 Å². The van der Waals surface area contributed by atoms with E-state index < -0.39 is 0 Å². The van der Waals surface area contributed by atoms with Crippen molar-refractivity contribution in [2.24, 2.45) is 5.73 Å². The van der Waals surface area contributed by atoms with E-state index in [0.717, 1.165) is 10.9 Å². The van der Waals surface area contributed by atoms with Crippen LogP contribution in [0.1, 0.15) is 25.3 Å². The Hall–Kier alpha value is -0.740. The lowest BCUT2D eigenvalue weighted by Gasteiger charge is -2.08. The maximum atomic E-state index is 13.3. The van der Waals surface area contributed by atoms with Crippen molar-refractivity contribution in [1.29, 1.82) is 0 Å². The smallest absolute Gasteiger partial charge is 0.138 e. The summed E-state index contributed by atoms with van der Waals surface area (Å²) < 4.78 is 14.1. The first-order valence-corrected chi connectivity index (χ1v) is 6.03. The lowest BCUT2D eigenvalue weighted by Crippen LogP contribution is -2.23. The van der Waals surface area contributed by atoms with E-state index in [9.17, 15) is 9.18 Å². The Balaban J connectivity index is 2.65. The second-order valence-electron chi connectivity index (χ2n) is 3.82. The molecule has 0 saturated carbocycles. The summed E-state index contributed by atoms with van der Waals surface area (Å²) in [4.78, 5) is 11.6. The molecule has 0 bridgehead atoms. The fourth-order valence-corrected chi connectivity index (χ4v) is 1.81. The number of carbonyl (C=O) groups is 1. The summed E-state index contributed by atoms with van der Waals surface area (Å²) in [6.45, 7) is 1.93. The summed E-state index contributed by atoms with van der Waals surface area (Å²) in [6.07, 6.45) is 1.17. The number of ketones is 1. The van der Waals surface area contributed by atoms with Crippen LogP contribution in [0.4, 0.5) is 4.39 Å². The highest BCUT2D eigenvalue weighted by Gasteiger charge is 2.11. The molecule has 0 aliphatic rings. The fourth-order valence-electron chi connectivity index (χ4n) is 1.40. The van der Waals surface area contributed by atoms with Crippen molar-refractivity contribution < 1.29 is 9.18 Å². The normalized spacial score (nSPS) is 12.5. The molecule has 0 fully saturated rings. The van der Waals surface area contributed by atoms with Crippen LogP contribution in [0.15, 0.2) is 22.7 Å². The van der Waals surface area contributed by atoms with Gasteiger partial charge in [-0.05, 0) is 30.2 Å². The second-order valence-corrected chi connectivity index (χ2v) is 4.74. The van der Waals surface area contributed by atoms with Crippen LogP contribution in [-0.2, 0) is 11.2 Å². The minimum atomic E-state index is -0.346. The average Bonchev–Trinajstić information content (AvgIpc) is 2.23. The number of halogens is 2. The van der Waals surface area contributed by atoms with Gasteiger partial charge in [0.2, 0.25) is 0 Å². The van der Waals surface area contributed by atoms with Crippen LogP contribution in [0.5, 0.6) is 0 Å². The molecule has 0 radical (unpaired) electrons. The topological polar surface area (TPSA) is 43.1 Å². The Morgan fingerprint density at radius 1 is 1.56 bits per heavy atom. The first-order chi connectivity index (χ1) is 7.52. The molecule has 0 aliphatic carbocycles. The molecule has 0 amide bonds. The number of benzene rings is 1. The number of Topliss-reactive ketones (excluding diaryl/α,β-unsaturated/α-hetero) is 1. The molecule has 88 valence electrons. The third-order valence-corrected chi connectivity index (χ3v) is 2.90. The Morgan fingerprint density at radius 2 is 2.25 bits per heavy atom. The molecule has 1 atom stereocenters. The molecule has 0 aromatic heterocycles. The summed E-state index contributed by atoms with van der Waals surface area (Å²) in [7, 11) is 0. The van der Waals surface area contributed by atoms with Crippen LogP contribution in [-0.4, -0.2) is 11.8 Å². The van der Waals surface area contributed by atoms with Gasteiger partial charge in [0, 0.05) is 23.4 Å². The summed E-state index contributed by atoms with van der Waals surface area (Å²) in [5.74, 6) is -0.368. The van der Waals surface area contributed by atoms with E-state index in [1.165, 1.54) is 6.07 Å².